The largest absolute Gasteiger partial charge is 0.492 e. The topological polar surface area (TPSA) is 50.4 Å². The van der Waals surface area contributed by atoms with Gasteiger partial charge in [0.05, 0.1) is 12.2 Å². The van der Waals surface area contributed by atoms with Crippen LogP contribution in [0.4, 0.5) is 23.7 Å². The van der Waals surface area contributed by atoms with Crippen molar-refractivity contribution in [2.24, 2.45) is 0 Å². The highest BCUT2D eigenvalue weighted by Gasteiger charge is 2.14. The van der Waals surface area contributed by atoms with E-state index in [1.54, 1.807) is 6.07 Å². The average molecular weight is 338 g/mol. The monoisotopic (exact) mass is 338 g/mol. The number of rotatable bonds is 6. The Bertz CT molecular complexity index is 723. The van der Waals surface area contributed by atoms with Gasteiger partial charge in [-0.2, -0.15) is 0 Å². The zero-order chi connectivity index (χ0) is 17.5. The summed E-state index contributed by atoms with van der Waals surface area (Å²) in [6, 6.07) is 8.49. The van der Waals surface area contributed by atoms with Gasteiger partial charge in [-0.1, -0.05) is 19.1 Å². The summed E-state index contributed by atoms with van der Waals surface area (Å²) in [5.41, 5.74) is 0.690. The fourth-order valence-electron chi connectivity index (χ4n) is 1.98. The predicted octanol–water partition coefficient (Wildman–Crippen LogP) is 3.87. The molecular weight excluding hydrogens is 321 g/mol. The van der Waals surface area contributed by atoms with E-state index in [0.29, 0.717) is 5.75 Å². The highest BCUT2D eigenvalue weighted by molar-refractivity contribution is 5.89. The number of urea groups is 1. The van der Waals surface area contributed by atoms with Crippen LogP contribution >= 0.6 is 0 Å². The number of nitrogens with one attached hydrogen (secondary N) is 2. The van der Waals surface area contributed by atoms with Gasteiger partial charge in [0.1, 0.15) is 12.4 Å². The number of anilines is 1. The molecule has 0 aliphatic rings. The third-order valence-electron chi connectivity index (χ3n) is 3.25. The summed E-state index contributed by atoms with van der Waals surface area (Å²) in [5.74, 6) is -3.71. The normalized spacial score (nSPS) is 10.3. The number of halogens is 3. The second kappa shape index (κ2) is 8.24. The number of carbonyl (C=O) groups is 1. The van der Waals surface area contributed by atoms with Gasteiger partial charge in [-0.3, -0.25) is 0 Å². The first-order valence-electron chi connectivity index (χ1n) is 7.41. The van der Waals surface area contributed by atoms with Crippen molar-refractivity contribution in [2.45, 2.75) is 13.3 Å². The van der Waals surface area contributed by atoms with Crippen molar-refractivity contribution < 1.29 is 22.7 Å². The van der Waals surface area contributed by atoms with Gasteiger partial charge in [-0.05, 0) is 36.2 Å². The Morgan fingerprint density at radius 1 is 1.12 bits per heavy atom. The van der Waals surface area contributed by atoms with Crippen molar-refractivity contribution in [3.8, 4) is 5.75 Å². The van der Waals surface area contributed by atoms with E-state index in [0.717, 1.165) is 24.1 Å². The van der Waals surface area contributed by atoms with Gasteiger partial charge in [0.25, 0.3) is 0 Å². The Morgan fingerprint density at radius 3 is 2.67 bits per heavy atom. The molecule has 0 saturated heterocycles. The maximum atomic E-state index is 13.4. The van der Waals surface area contributed by atoms with Crippen LogP contribution in [0.25, 0.3) is 0 Å². The minimum atomic E-state index is -1.63. The molecule has 0 atom stereocenters. The van der Waals surface area contributed by atoms with Crippen molar-refractivity contribution in [1.29, 1.82) is 0 Å². The fourth-order valence-corrected chi connectivity index (χ4v) is 1.98. The Morgan fingerprint density at radius 2 is 1.92 bits per heavy atom. The summed E-state index contributed by atoms with van der Waals surface area (Å²) in [5, 5.41) is 4.54. The Kier molecular flexibility index (Phi) is 6.06. The molecule has 0 saturated carbocycles. The summed E-state index contributed by atoms with van der Waals surface area (Å²) in [6.07, 6.45) is 0.887. The molecule has 0 radical (unpaired) electrons. The molecule has 128 valence electrons. The molecule has 0 unspecified atom stereocenters. The van der Waals surface area contributed by atoms with Crippen LogP contribution in [0, 0.1) is 17.5 Å². The number of amides is 2. The van der Waals surface area contributed by atoms with E-state index in [4.69, 9.17) is 4.74 Å². The van der Waals surface area contributed by atoms with Crippen molar-refractivity contribution in [1.82, 2.24) is 5.32 Å². The molecule has 4 nitrogen and oxygen atoms in total. The van der Waals surface area contributed by atoms with Crippen LogP contribution in [-0.2, 0) is 6.42 Å². The predicted molar refractivity (Wildman–Crippen MR) is 84.7 cm³/mol. The van der Waals surface area contributed by atoms with Gasteiger partial charge < -0.3 is 15.4 Å². The van der Waals surface area contributed by atoms with Gasteiger partial charge in [-0.25, -0.2) is 18.0 Å². The highest BCUT2D eigenvalue weighted by atomic mass is 19.2. The molecule has 7 heteroatoms. The second-order valence-electron chi connectivity index (χ2n) is 4.95. The third-order valence-corrected chi connectivity index (χ3v) is 3.25. The summed E-state index contributed by atoms with van der Waals surface area (Å²) in [7, 11) is 0. The minimum absolute atomic E-state index is 0.160. The van der Waals surface area contributed by atoms with Crippen molar-refractivity contribution >= 4 is 11.7 Å². The zero-order valence-corrected chi connectivity index (χ0v) is 13.0. The Balaban J connectivity index is 1.78. The fraction of sp³-hybridized carbons (Fsp3) is 0.235. The second-order valence-corrected chi connectivity index (χ2v) is 4.95. The maximum absolute atomic E-state index is 13.4. The SMILES string of the molecule is CCc1cccc(OCCNC(=O)Nc2ccc(F)c(F)c2F)c1. The van der Waals surface area contributed by atoms with Crippen LogP contribution in [0.3, 0.4) is 0 Å². The Labute approximate surface area is 137 Å². The van der Waals surface area contributed by atoms with E-state index in [-0.39, 0.29) is 13.2 Å². The average Bonchev–Trinajstić information content (AvgIpc) is 2.59. The van der Waals surface area contributed by atoms with Crippen LogP contribution in [0.2, 0.25) is 0 Å². The lowest BCUT2D eigenvalue weighted by atomic mass is 10.2. The van der Waals surface area contributed by atoms with Gasteiger partial charge in [0.2, 0.25) is 0 Å². The van der Waals surface area contributed by atoms with Crippen molar-refractivity contribution in [3.63, 3.8) is 0 Å². The standard InChI is InChI=1S/C17H17F3N2O2/c1-2-11-4-3-5-12(10-11)24-9-8-21-17(23)22-14-7-6-13(18)15(19)16(14)20/h3-7,10H,2,8-9H2,1H3,(H2,21,22,23). The molecule has 0 aliphatic heterocycles. The maximum Gasteiger partial charge on any atom is 0.319 e. The highest BCUT2D eigenvalue weighted by Crippen LogP contribution is 2.19. The van der Waals surface area contributed by atoms with E-state index in [1.165, 1.54) is 0 Å². The van der Waals surface area contributed by atoms with E-state index in [9.17, 15) is 18.0 Å². The summed E-state index contributed by atoms with van der Waals surface area (Å²) >= 11 is 0. The first kappa shape index (κ1) is 17.7. The zero-order valence-electron chi connectivity index (χ0n) is 13.0. The number of hydrogen-bond donors (Lipinski definition) is 2. The number of aryl methyl sites for hydroxylation is 1. The van der Waals surface area contributed by atoms with Gasteiger partial charge in [0.15, 0.2) is 17.5 Å². The number of ether oxygens (including phenoxy) is 1. The summed E-state index contributed by atoms with van der Waals surface area (Å²) in [6.45, 7) is 2.40. The van der Waals surface area contributed by atoms with Crippen LogP contribution in [0.1, 0.15) is 12.5 Å². The van der Waals surface area contributed by atoms with Gasteiger partial charge >= 0.3 is 6.03 Å². The summed E-state index contributed by atoms with van der Waals surface area (Å²) in [4.78, 5) is 11.6. The van der Waals surface area contributed by atoms with Crippen molar-refractivity contribution in [2.75, 3.05) is 18.5 Å². The first-order chi connectivity index (χ1) is 11.5. The van der Waals surface area contributed by atoms with Gasteiger partial charge in [-0.15, -0.1) is 0 Å². The molecule has 0 spiro atoms. The quantitative estimate of drug-likeness (QED) is 0.621. The molecule has 24 heavy (non-hydrogen) atoms. The van der Waals surface area contributed by atoms with Crippen LogP contribution < -0.4 is 15.4 Å². The molecule has 0 fully saturated rings. The number of carbonyl (C=O) groups excluding carboxylic acids is 1. The number of hydrogen-bond acceptors (Lipinski definition) is 2. The number of benzene rings is 2. The van der Waals surface area contributed by atoms with E-state index >= 15 is 0 Å². The van der Waals surface area contributed by atoms with E-state index in [2.05, 4.69) is 10.6 Å². The molecular formula is C17H17F3N2O2. The van der Waals surface area contributed by atoms with Crippen LogP contribution in [0.15, 0.2) is 36.4 Å². The molecule has 0 heterocycles. The molecule has 0 aliphatic carbocycles. The lowest BCUT2D eigenvalue weighted by molar-refractivity contribution is 0.247. The molecule has 0 bridgehead atoms. The van der Waals surface area contributed by atoms with Gasteiger partial charge in [0, 0.05) is 0 Å². The molecule has 2 rings (SSSR count). The van der Waals surface area contributed by atoms with E-state index in [1.807, 2.05) is 25.1 Å². The van der Waals surface area contributed by atoms with Crippen LogP contribution in [0.5, 0.6) is 5.75 Å². The molecule has 2 aromatic carbocycles. The first-order valence-corrected chi connectivity index (χ1v) is 7.41. The Hall–Kier alpha value is -2.70. The third kappa shape index (κ3) is 4.65. The molecule has 2 aromatic rings. The van der Waals surface area contributed by atoms with E-state index < -0.39 is 29.2 Å². The molecule has 0 aromatic heterocycles. The lowest BCUT2D eigenvalue weighted by Crippen LogP contribution is -2.32. The molecule has 2 N–H and O–H groups in total. The summed E-state index contributed by atoms with van der Waals surface area (Å²) < 4.78 is 44.8. The van der Waals surface area contributed by atoms with Crippen LogP contribution in [-0.4, -0.2) is 19.2 Å². The smallest absolute Gasteiger partial charge is 0.319 e. The molecule has 2 amide bonds. The van der Waals surface area contributed by atoms with Crippen molar-refractivity contribution in [3.05, 3.63) is 59.4 Å². The lowest BCUT2D eigenvalue weighted by Gasteiger charge is -2.10. The minimum Gasteiger partial charge on any atom is -0.492 e.